The van der Waals surface area contributed by atoms with E-state index in [1.165, 1.54) is 6.20 Å². The number of hydrogen-bond acceptors (Lipinski definition) is 4. The highest BCUT2D eigenvalue weighted by molar-refractivity contribution is 6.02. The fourth-order valence-corrected chi connectivity index (χ4v) is 1.60. The van der Waals surface area contributed by atoms with Crippen molar-refractivity contribution in [1.82, 2.24) is 20.2 Å². The highest BCUT2D eigenvalue weighted by Crippen LogP contribution is 2.09. The molecule has 2 heterocycles. The van der Waals surface area contributed by atoms with Gasteiger partial charge in [0, 0.05) is 6.20 Å². The van der Waals surface area contributed by atoms with E-state index in [1.807, 2.05) is 0 Å². The van der Waals surface area contributed by atoms with Gasteiger partial charge in [-0.25, -0.2) is 4.52 Å². The van der Waals surface area contributed by atoms with Crippen molar-refractivity contribution in [3.8, 4) is 0 Å². The predicted octanol–water partition coefficient (Wildman–Crippen LogP) is -0.735. The van der Waals surface area contributed by atoms with Gasteiger partial charge in [0.1, 0.15) is 6.54 Å². The molecule has 20 heavy (non-hydrogen) atoms. The third-order valence-corrected chi connectivity index (χ3v) is 2.52. The predicted molar refractivity (Wildman–Crippen MR) is 68.2 cm³/mol. The van der Waals surface area contributed by atoms with Crippen LogP contribution in [-0.2, 0) is 9.59 Å². The molecule has 0 aliphatic heterocycles. The zero-order chi connectivity index (χ0) is 14.5. The maximum Gasteiger partial charge on any atom is 0.322 e. The molecule has 0 atom stereocenters. The van der Waals surface area contributed by atoms with Crippen LogP contribution in [0.3, 0.4) is 0 Å². The fraction of sp³-hybridized carbons (Fsp3) is 0.167. The molecule has 0 bridgehead atoms. The first-order valence-electron chi connectivity index (χ1n) is 5.77. The summed E-state index contributed by atoms with van der Waals surface area (Å²) in [5.41, 5.74) is 0.965. The van der Waals surface area contributed by atoms with E-state index in [0.29, 0.717) is 11.1 Å². The fourth-order valence-electron chi connectivity index (χ4n) is 1.60. The van der Waals surface area contributed by atoms with Gasteiger partial charge >= 0.3 is 5.97 Å². The number of pyridine rings is 1. The molecule has 2 rings (SSSR count). The average molecular weight is 276 g/mol. The Morgan fingerprint density at radius 3 is 2.75 bits per heavy atom. The van der Waals surface area contributed by atoms with Gasteiger partial charge in [-0.1, -0.05) is 6.07 Å². The summed E-state index contributed by atoms with van der Waals surface area (Å²) < 4.78 is 1.54. The van der Waals surface area contributed by atoms with Gasteiger partial charge in [0.2, 0.25) is 5.91 Å². The van der Waals surface area contributed by atoms with Gasteiger partial charge in [-0.05, 0) is 12.1 Å². The van der Waals surface area contributed by atoms with Crippen molar-refractivity contribution < 1.29 is 19.5 Å². The maximum absolute atomic E-state index is 11.9. The van der Waals surface area contributed by atoms with Gasteiger partial charge in [-0.15, -0.1) is 0 Å². The van der Waals surface area contributed by atoms with E-state index in [0.717, 1.165) is 0 Å². The van der Waals surface area contributed by atoms with E-state index in [9.17, 15) is 14.4 Å². The molecular formula is C12H12N4O4. The molecule has 0 aromatic carbocycles. The van der Waals surface area contributed by atoms with Crippen LogP contribution in [0.4, 0.5) is 0 Å². The molecule has 0 unspecified atom stereocenters. The lowest BCUT2D eigenvalue weighted by Gasteiger charge is -2.04. The summed E-state index contributed by atoms with van der Waals surface area (Å²) >= 11 is 0. The first-order valence-corrected chi connectivity index (χ1v) is 5.77. The lowest BCUT2D eigenvalue weighted by Crippen LogP contribution is -2.38. The van der Waals surface area contributed by atoms with Crippen molar-refractivity contribution in [2.75, 3.05) is 13.1 Å². The number of aliphatic carboxylic acids is 1. The van der Waals surface area contributed by atoms with Crippen molar-refractivity contribution in [2.45, 2.75) is 0 Å². The molecular weight excluding hydrogens is 264 g/mol. The van der Waals surface area contributed by atoms with Gasteiger partial charge in [0.05, 0.1) is 23.8 Å². The Hall–Kier alpha value is -2.90. The number of hydrogen-bond donors (Lipinski definition) is 3. The minimum Gasteiger partial charge on any atom is -0.480 e. The van der Waals surface area contributed by atoms with Crippen LogP contribution in [0.15, 0.2) is 30.6 Å². The monoisotopic (exact) mass is 276 g/mol. The van der Waals surface area contributed by atoms with Gasteiger partial charge in [0.25, 0.3) is 5.91 Å². The number of fused-ring (bicyclic) bond motifs is 1. The largest absolute Gasteiger partial charge is 0.480 e. The number of carbonyl (C=O) groups excluding carboxylic acids is 2. The van der Waals surface area contributed by atoms with E-state index in [4.69, 9.17) is 5.11 Å². The van der Waals surface area contributed by atoms with Gasteiger partial charge < -0.3 is 15.7 Å². The minimum atomic E-state index is -1.15. The summed E-state index contributed by atoms with van der Waals surface area (Å²) in [7, 11) is 0. The molecule has 0 radical (unpaired) electrons. The second kappa shape index (κ2) is 5.83. The summed E-state index contributed by atoms with van der Waals surface area (Å²) in [6, 6.07) is 5.28. The molecule has 3 N–H and O–H groups in total. The van der Waals surface area contributed by atoms with Gasteiger partial charge in [-0.2, -0.15) is 5.10 Å². The van der Waals surface area contributed by atoms with E-state index >= 15 is 0 Å². The number of nitrogens with one attached hydrogen (secondary N) is 2. The lowest BCUT2D eigenvalue weighted by atomic mass is 10.2. The molecule has 8 heteroatoms. The Morgan fingerprint density at radius 2 is 2.00 bits per heavy atom. The van der Waals surface area contributed by atoms with E-state index in [2.05, 4.69) is 15.7 Å². The maximum atomic E-state index is 11.9. The zero-order valence-corrected chi connectivity index (χ0v) is 10.4. The van der Waals surface area contributed by atoms with Crippen LogP contribution < -0.4 is 10.6 Å². The van der Waals surface area contributed by atoms with Crippen LogP contribution in [0.1, 0.15) is 10.4 Å². The third-order valence-electron chi connectivity index (χ3n) is 2.52. The first kappa shape index (κ1) is 13.5. The molecule has 2 aromatic heterocycles. The van der Waals surface area contributed by atoms with Gasteiger partial charge in [-0.3, -0.25) is 14.4 Å². The van der Waals surface area contributed by atoms with Crippen LogP contribution in [0.2, 0.25) is 0 Å². The smallest absolute Gasteiger partial charge is 0.322 e. The number of carboxylic acid groups (broad SMARTS) is 1. The number of aromatic nitrogens is 2. The van der Waals surface area contributed by atoms with Crippen molar-refractivity contribution in [3.63, 3.8) is 0 Å². The van der Waals surface area contributed by atoms with Crippen LogP contribution in [0, 0.1) is 0 Å². The molecule has 8 nitrogen and oxygen atoms in total. The normalized spacial score (nSPS) is 10.2. The second-order valence-electron chi connectivity index (χ2n) is 3.94. The lowest BCUT2D eigenvalue weighted by molar-refractivity contribution is -0.137. The van der Waals surface area contributed by atoms with Crippen molar-refractivity contribution in [3.05, 3.63) is 36.2 Å². The topological polar surface area (TPSA) is 113 Å². The standard InChI is InChI=1S/C12H12N4O4/c17-10(13-7-11(18)19)6-14-12(20)8-5-15-16-4-2-1-3-9(8)16/h1-5H,6-7H2,(H,13,17)(H,14,20)(H,18,19). The Balaban J connectivity index is 1.95. The zero-order valence-electron chi connectivity index (χ0n) is 10.4. The van der Waals surface area contributed by atoms with Crippen molar-refractivity contribution in [1.29, 1.82) is 0 Å². The quantitative estimate of drug-likeness (QED) is 0.666. The highest BCUT2D eigenvalue weighted by Gasteiger charge is 2.13. The van der Waals surface area contributed by atoms with E-state index in [-0.39, 0.29) is 6.54 Å². The second-order valence-corrected chi connectivity index (χ2v) is 3.94. The molecule has 0 aliphatic carbocycles. The summed E-state index contributed by atoms with van der Waals surface area (Å²) in [4.78, 5) is 33.4. The molecule has 0 aliphatic rings. The molecule has 0 fully saturated rings. The third kappa shape index (κ3) is 3.10. The molecule has 0 saturated heterocycles. The van der Waals surface area contributed by atoms with E-state index < -0.39 is 24.3 Å². The Morgan fingerprint density at radius 1 is 1.20 bits per heavy atom. The first-order chi connectivity index (χ1) is 9.58. The highest BCUT2D eigenvalue weighted by atomic mass is 16.4. The number of carboxylic acids is 1. The van der Waals surface area contributed by atoms with Gasteiger partial charge in [0.15, 0.2) is 0 Å². The minimum absolute atomic E-state index is 0.295. The Labute approximate surface area is 113 Å². The number of rotatable bonds is 5. The molecule has 0 spiro atoms. The SMILES string of the molecule is O=C(O)CNC(=O)CNC(=O)c1cnn2ccccc12. The number of nitrogens with zero attached hydrogens (tertiary/aromatic N) is 2. The summed E-state index contributed by atoms with van der Waals surface area (Å²) in [6.07, 6.45) is 3.10. The van der Waals surface area contributed by atoms with E-state index in [1.54, 1.807) is 28.9 Å². The molecule has 2 aromatic rings. The van der Waals surface area contributed by atoms with Crippen LogP contribution in [-0.4, -0.2) is 45.6 Å². The summed E-state index contributed by atoms with van der Waals surface area (Å²) in [5.74, 6) is -2.17. The summed E-state index contributed by atoms with van der Waals surface area (Å²) in [5, 5.41) is 16.9. The van der Waals surface area contributed by atoms with Crippen molar-refractivity contribution in [2.24, 2.45) is 0 Å². The van der Waals surface area contributed by atoms with Crippen LogP contribution in [0.25, 0.3) is 5.52 Å². The Kier molecular flexibility index (Phi) is 3.94. The number of carbonyl (C=O) groups is 3. The van der Waals surface area contributed by atoms with Crippen molar-refractivity contribution >= 4 is 23.3 Å². The van der Waals surface area contributed by atoms with Crippen LogP contribution >= 0.6 is 0 Å². The molecule has 104 valence electrons. The average Bonchev–Trinajstić information content (AvgIpc) is 2.86. The molecule has 0 saturated carbocycles. The Bertz CT molecular complexity index is 664. The van der Waals surface area contributed by atoms with Crippen LogP contribution in [0.5, 0.6) is 0 Å². The molecule has 2 amide bonds. The number of amides is 2. The summed E-state index contributed by atoms with van der Waals surface area (Å²) in [6.45, 7) is -0.776.